The first-order chi connectivity index (χ1) is 11.5. The van der Waals surface area contributed by atoms with Gasteiger partial charge in [-0.3, -0.25) is 4.79 Å². The van der Waals surface area contributed by atoms with E-state index in [0.717, 1.165) is 18.7 Å². The van der Waals surface area contributed by atoms with Gasteiger partial charge in [-0.25, -0.2) is 0 Å². The zero-order valence-corrected chi connectivity index (χ0v) is 14.9. The summed E-state index contributed by atoms with van der Waals surface area (Å²) in [5.41, 5.74) is 0.794. The van der Waals surface area contributed by atoms with Gasteiger partial charge in [-0.2, -0.15) is 0 Å². The summed E-state index contributed by atoms with van der Waals surface area (Å²) < 4.78 is 21.4. The fraction of sp³-hybridized carbons (Fsp3) is 0.588. The number of hydrogen-bond donors (Lipinski definition) is 1. The summed E-state index contributed by atoms with van der Waals surface area (Å²) in [7, 11) is 8.34. The molecule has 1 aliphatic rings. The molecule has 0 bridgehead atoms. The second-order valence-corrected chi connectivity index (χ2v) is 5.88. The Bertz CT molecular complexity index is 553. The third-order valence-corrected chi connectivity index (χ3v) is 4.19. The first-order valence-electron chi connectivity index (χ1n) is 7.82. The Hall–Kier alpha value is -1.99. The molecule has 1 aromatic rings. The maximum atomic E-state index is 12.4. The number of likely N-dealkylation sites (N-methyl/N-ethyl adjacent to an activating group) is 1. The Labute approximate surface area is 142 Å². The van der Waals surface area contributed by atoms with Gasteiger partial charge in [0.25, 0.3) is 0 Å². The Morgan fingerprint density at radius 1 is 1.12 bits per heavy atom. The number of likely N-dealkylation sites (tertiary alicyclic amines) is 1. The van der Waals surface area contributed by atoms with Crippen LogP contribution in [-0.2, 0) is 16.0 Å². The smallest absolute Gasteiger partial charge is 0.224 e. The van der Waals surface area contributed by atoms with E-state index in [4.69, 9.17) is 18.9 Å². The van der Waals surface area contributed by atoms with Crippen molar-refractivity contribution in [3.05, 3.63) is 17.7 Å². The number of amides is 1. The molecule has 2 atom stereocenters. The van der Waals surface area contributed by atoms with Crippen LogP contribution in [0.1, 0.15) is 5.56 Å². The number of carbonyl (C=O) groups is 1. The standard InChI is InChI=1S/C17H26N2O5/c1-19-9-12(15(10-19)23-4)18-16(20)8-11-6-13(21-2)17(24-5)14(7-11)22-3/h6-7,12,15H,8-10H2,1-5H3,(H,18,20)/t12-,15-/m1/s1. The number of methoxy groups -OCH3 is 4. The summed E-state index contributed by atoms with van der Waals surface area (Å²) >= 11 is 0. The van der Waals surface area contributed by atoms with Crippen LogP contribution in [-0.4, -0.2) is 71.5 Å². The van der Waals surface area contributed by atoms with Gasteiger partial charge in [0.2, 0.25) is 11.7 Å². The lowest BCUT2D eigenvalue weighted by Gasteiger charge is -2.19. The second-order valence-electron chi connectivity index (χ2n) is 5.88. The second kappa shape index (κ2) is 8.21. The van der Waals surface area contributed by atoms with E-state index in [1.165, 1.54) is 0 Å². The van der Waals surface area contributed by atoms with Crippen molar-refractivity contribution in [3.8, 4) is 17.2 Å². The molecule has 0 unspecified atom stereocenters. The minimum Gasteiger partial charge on any atom is -0.493 e. The topological polar surface area (TPSA) is 69.3 Å². The summed E-state index contributed by atoms with van der Waals surface area (Å²) in [4.78, 5) is 14.5. The van der Waals surface area contributed by atoms with Crippen molar-refractivity contribution in [3.63, 3.8) is 0 Å². The Morgan fingerprint density at radius 3 is 2.25 bits per heavy atom. The highest BCUT2D eigenvalue weighted by atomic mass is 16.5. The maximum absolute atomic E-state index is 12.4. The van der Waals surface area contributed by atoms with Gasteiger partial charge in [0.1, 0.15) is 0 Å². The third-order valence-electron chi connectivity index (χ3n) is 4.19. The van der Waals surface area contributed by atoms with E-state index in [1.54, 1.807) is 40.6 Å². The molecule has 134 valence electrons. The third kappa shape index (κ3) is 4.10. The maximum Gasteiger partial charge on any atom is 0.224 e. The van der Waals surface area contributed by atoms with Crippen molar-refractivity contribution in [2.75, 3.05) is 48.6 Å². The van der Waals surface area contributed by atoms with E-state index in [1.807, 2.05) is 7.05 Å². The molecule has 0 spiro atoms. The summed E-state index contributed by atoms with van der Waals surface area (Å²) in [5.74, 6) is 1.53. The van der Waals surface area contributed by atoms with E-state index >= 15 is 0 Å². The number of nitrogens with zero attached hydrogens (tertiary/aromatic N) is 1. The van der Waals surface area contributed by atoms with Crippen LogP contribution in [0.5, 0.6) is 17.2 Å². The van der Waals surface area contributed by atoms with Gasteiger partial charge in [-0.1, -0.05) is 0 Å². The number of rotatable bonds is 7. The monoisotopic (exact) mass is 338 g/mol. The fourth-order valence-corrected chi connectivity index (χ4v) is 3.02. The van der Waals surface area contributed by atoms with Gasteiger partial charge in [0.15, 0.2) is 11.5 Å². The van der Waals surface area contributed by atoms with Crippen LogP contribution in [0.25, 0.3) is 0 Å². The quantitative estimate of drug-likeness (QED) is 0.789. The van der Waals surface area contributed by atoms with Crippen molar-refractivity contribution in [2.45, 2.75) is 18.6 Å². The molecule has 24 heavy (non-hydrogen) atoms. The number of benzene rings is 1. The lowest BCUT2D eigenvalue weighted by Crippen LogP contribution is -2.44. The molecular formula is C17H26N2O5. The molecule has 1 aromatic carbocycles. The zero-order chi connectivity index (χ0) is 17.7. The van der Waals surface area contributed by atoms with Gasteiger partial charge in [-0.15, -0.1) is 0 Å². The average molecular weight is 338 g/mol. The van der Waals surface area contributed by atoms with Crippen LogP contribution < -0.4 is 19.5 Å². The van der Waals surface area contributed by atoms with Crippen molar-refractivity contribution in [2.24, 2.45) is 0 Å². The Kier molecular flexibility index (Phi) is 6.28. The van der Waals surface area contributed by atoms with Crippen LogP contribution in [0.4, 0.5) is 0 Å². The van der Waals surface area contributed by atoms with Crippen LogP contribution in [0.3, 0.4) is 0 Å². The Morgan fingerprint density at radius 2 is 1.75 bits per heavy atom. The molecule has 1 saturated heterocycles. The van der Waals surface area contributed by atoms with Crippen molar-refractivity contribution in [1.82, 2.24) is 10.2 Å². The van der Waals surface area contributed by atoms with Crippen molar-refractivity contribution >= 4 is 5.91 Å². The first-order valence-corrected chi connectivity index (χ1v) is 7.82. The first kappa shape index (κ1) is 18.4. The molecule has 0 saturated carbocycles. The fourth-order valence-electron chi connectivity index (χ4n) is 3.02. The van der Waals surface area contributed by atoms with Crippen LogP contribution in [0, 0.1) is 0 Å². The highest BCUT2D eigenvalue weighted by molar-refractivity contribution is 5.79. The number of nitrogens with one attached hydrogen (secondary N) is 1. The largest absolute Gasteiger partial charge is 0.493 e. The molecule has 1 aliphatic heterocycles. The molecule has 0 aliphatic carbocycles. The SMILES string of the molecule is COc1cc(CC(=O)N[C@@H]2CN(C)C[C@H]2OC)cc(OC)c1OC. The van der Waals surface area contributed by atoms with E-state index in [0.29, 0.717) is 17.2 Å². The summed E-state index contributed by atoms with van der Waals surface area (Å²) in [6.07, 6.45) is 0.242. The molecule has 1 N–H and O–H groups in total. The van der Waals surface area contributed by atoms with E-state index in [-0.39, 0.29) is 24.5 Å². The normalized spacial score (nSPS) is 20.7. The zero-order valence-electron chi connectivity index (χ0n) is 14.9. The number of hydrogen-bond acceptors (Lipinski definition) is 6. The van der Waals surface area contributed by atoms with Gasteiger partial charge < -0.3 is 29.2 Å². The molecular weight excluding hydrogens is 312 g/mol. The van der Waals surface area contributed by atoms with Crippen LogP contribution in [0.2, 0.25) is 0 Å². The van der Waals surface area contributed by atoms with Crippen molar-refractivity contribution < 1.29 is 23.7 Å². The molecule has 0 aromatic heterocycles. The van der Waals surface area contributed by atoms with E-state index in [9.17, 15) is 4.79 Å². The van der Waals surface area contributed by atoms with Crippen LogP contribution >= 0.6 is 0 Å². The Balaban J connectivity index is 2.08. The van der Waals surface area contributed by atoms with Gasteiger partial charge >= 0.3 is 0 Å². The van der Waals surface area contributed by atoms with Gasteiger partial charge in [0, 0.05) is 20.2 Å². The molecule has 7 heteroatoms. The summed E-state index contributed by atoms with van der Waals surface area (Å²) in [6.45, 7) is 1.59. The lowest BCUT2D eigenvalue weighted by atomic mass is 10.1. The van der Waals surface area contributed by atoms with Gasteiger partial charge in [0.05, 0.1) is 39.9 Å². The summed E-state index contributed by atoms with van der Waals surface area (Å²) in [6, 6.07) is 3.57. The molecule has 1 fully saturated rings. The molecule has 1 heterocycles. The molecule has 7 nitrogen and oxygen atoms in total. The predicted octanol–water partition coefficient (Wildman–Crippen LogP) is 0.700. The molecule has 1 amide bonds. The van der Waals surface area contributed by atoms with Gasteiger partial charge in [-0.05, 0) is 24.7 Å². The highest BCUT2D eigenvalue weighted by Gasteiger charge is 2.31. The highest BCUT2D eigenvalue weighted by Crippen LogP contribution is 2.38. The van der Waals surface area contributed by atoms with Crippen molar-refractivity contribution in [1.29, 1.82) is 0 Å². The predicted molar refractivity (Wildman–Crippen MR) is 90.0 cm³/mol. The minimum atomic E-state index is -0.0633. The average Bonchev–Trinajstić information content (AvgIpc) is 2.92. The van der Waals surface area contributed by atoms with E-state index < -0.39 is 0 Å². The number of carbonyl (C=O) groups excluding carboxylic acids is 1. The summed E-state index contributed by atoms with van der Waals surface area (Å²) in [5, 5.41) is 3.04. The molecule has 0 radical (unpaired) electrons. The van der Waals surface area contributed by atoms with E-state index in [2.05, 4.69) is 10.2 Å². The lowest BCUT2D eigenvalue weighted by molar-refractivity contribution is -0.121. The number of ether oxygens (including phenoxy) is 4. The minimum absolute atomic E-state index is 0.00506. The van der Waals surface area contributed by atoms with Crippen LogP contribution in [0.15, 0.2) is 12.1 Å². The molecule has 2 rings (SSSR count).